The molecular weight excluding hydrogens is 235 g/mol. The first-order valence-electron chi connectivity index (χ1n) is 5.29. The zero-order valence-corrected chi connectivity index (χ0v) is 9.64. The second-order valence-electron chi connectivity index (χ2n) is 3.83. The number of nitrogens with zero attached hydrogens (tertiary/aromatic N) is 1. The lowest BCUT2D eigenvalue weighted by atomic mass is 10.2. The summed E-state index contributed by atoms with van der Waals surface area (Å²) in [6.07, 6.45) is 1.55. The molecular formula is C13H11FN2O2. The summed E-state index contributed by atoms with van der Waals surface area (Å²) in [6, 6.07) is 6.65. The van der Waals surface area contributed by atoms with Crippen LogP contribution in [0.4, 0.5) is 10.2 Å². The zero-order chi connectivity index (χ0) is 13.1. The second kappa shape index (κ2) is 4.83. The Morgan fingerprint density at radius 1 is 1.33 bits per heavy atom. The molecule has 0 saturated carbocycles. The van der Waals surface area contributed by atoms with E-state index >= 15 is 0 Å². The topological polar surface area (TPSA) is 62.2 Å². The number of carbonyl (C=O) groups excluding carboxylic acids is 1. The van der Waals surface area contributed by atoms with Crippen molar-refractivity contribution in [2.75, 3.05) is 5.32 Å². The van der Waals surface area contributed by atoms with Crippen LogP contribution in [0, 0.1) is 12.7 Å². The van der Waals surface area contributed by atoms with E-state index in [0.29, 0.717) is 5.82 Å². The summed E-state index contributed by atoms with van der Waals surface area (Å²) >= 11 is 0. The first-order valence-corrected chi connectivity index (χ1v) is 5.29. The maximum absolute atomic E-state index is 13.0. The molecule has 0 aliphatic heterocycles. The molecule has 0 atom stereocenters. The van der Waals surface area contributed by atoms with Gasteiger partial charge in [-0.3, -0.25) is 4.79 Å². The summed E-state index contributed by atoms with van der Waals surface area (Å²) in [5.74, 6) is -1.12. The quantitative estimate of drug-likeness (QED) is 0.855. The van der Waals surface area contributed by atoms with E-state index < -0.39 is 11.7 Å². The molecule has 92 valence electrons. The minimum atomic E-state index is -0.606. The largest absolute Gasteiger partial charge is 0.507 e. The van der Waals surface area contributed by atoms with Gasteiger partial charge in [0.25, 0.3) is 5.91 Å². The molecule has 1 amide bonds. The van der Waals surface area contributed by atoms with E-state index in [1.54, 1.807) is 18.3 Å². The predicted molar refractivity (Wildman–Crippen MR) is 65.0 cm³/mol. The van der Waals surface area contributed by atoms with E-state index in [-0.39, 0.29) is 11.3 Å². The smallest absolute Gasteiger partial charge is 0.260 e. The minimum Gasteiger partial charge on any atom is -0.507 e. The van der Waals surface area contributed by atoms with Gasteiger partial charge < -0.3 is 10.4 Å². The number of aromatic hydroxyl groups is 1. The van der Waals surface area contributed by atoms with Gasteiger partial charge in [-0.15, -0.1) is 0 Å². The molecule has 0 radical (unpaired) electrons. The van der Waals surface area contributed by atoms with Crippen LogP contribution in [-0.2, 0) is 0 Å². The highest BCUT2D eigenvalue weighted by Gasteiger charge is 2.12. The molecule has 5 heteroatoms. The van der Waals surface area contributed by atoms with Gasteiger partial charge in [-0.25, -0.2) is 9.37 Å². The third-order valence-electron chi connectivity index (χ3n) is 2.36. The lowest BCUT2D eigenvalue weighted by molar-refractivity contribution is 0.102. The van der Waals surface area contributed by atoms with E-state index in [9.17, 15) is 14.3 Å². The summed E-state index contributed by atoms with van der Waals surface area (Å²) in [4.78, 5) is 15.8. The van der Waals surface area contributed by atoms with Crippen LogP contribution in [0.25, 0.3) is 0 Å². The Labute approximate surface area is 103 Å². The van der Waals surface area contributed by atoms with Crippen LogP contribution in [-0.4, -0.2) is 16.0 Å². The molecule has 18 heavy (non-hydrogen) atoms. The van der Waals surface area contributed by atoms with Gasteiger partial charge in [0.05, 0.1) is 5.56 Å². The molecule has 0 spiro atoms. The molecule has 0 saturated heterocycles. The van der Waals surface area contributed by atoms with Crippen molar-refractivity contribution in [2.45, 2.75) is 6.92 Å². The normalized spacial score (nSPS) is 10.1. The van der Waals surface area contributed by atoms with Crippen molar-refractivity contribution in [3.05, 3.63) is 53.5 Å². The third-order valence-corrected chi connectivity index (χ3v) is 2.36. The molecule has 0 fully saturated rings. The molecule has 2 N–H and O–H groups in total. The molecule has 0 aliphatic rings. The van der Waals surface area contributed by atoms with Crippen molar-refractivity contribution < 1.29 is 14.3 Å². The highest BCUT2D eigenvalue weighted by Crippen LogP contribution is 2.19. The van der Waals surface area contributed by atoms with E-state index in [2.05, 4.69) is 10.3 Å². The van der Waals surface area contributed by atoms with Crippen molar-refractivity contribution in [1.82, 2.24) is 4.98 Å². The Kier molecular flexibility index (Phi) is 3.23. The number of aromatic nitrogens is 1. The predicted octanol–water partition coefficient (Wildman–Crippen LogP) is 2.49. The first-order chi connectivity index (χ1) is 8.56. The number of rotatable bonds is 2. The molecule has 4 nitrogen and oxygen atoms in total. The van der Waals surface area contributed by atoms with E-state index in [1.165, 1.54) is 0 Å². The van der Waals surface area contributed by atoms with Crippen molar-refractivity contribution in [1.29, 1.82) is 0 Å². The first kappa shape index (κ1) is 12.0. The Morgan fingerprint density at radius 3 is 2.83 bits per heavy atom. The van der Waals surface area contributed by atoms with E-state index in [1.807, 2.05) is 6.92 Å². The molecule has 0 aliphatic carbocycles. The number of hydrogen-bond donors (Lipinski definition) is 2. The number of benzene rings is 1. The Hall–Kier alpha value is -2.43. The fraction of sp³-hybridized carbons (Fsp3) is 0.0769. The van der Waals surface area contributed by atoms with Gasteiger partial charge >= 0.3 is 0 Å². The highest BCUT2D eigenvalue weighted by molar-refractivity contribution is 6.05. The summed E-state index contributed by atoms with van der Waals surface area (Å²) in [7, 11) is 0. The van der Waals surface area contributed by atoms with Gasteiger partial charge in [0, 0.05) is 6.20 Å². The summed E-state index contributed by atoms with van der Waals surface area (Å²) < 4.78 is 13.0. The lowest BCUT2D eigenvalue weighted by Crippen LogP contribution is -2.13. The number of aryl methyl sites for hydroxylation is 1. The zero-order valence-electron chi connectivity index (χ0n) is 9.64. The van der Waals surface area contributed by atoms with Crippen LogP contribution in [0.5, 0.6) is 5.75 Å². The number of halogens is 1. The van der Waals surface area contributed by atoms with Crippen LogP contribution in [0.1, 0.15) is 15.9 Å². The number of amides is 1. The molecule has 0 bridgehead atoms. The molecule has 1 aromatic heterocycles. The number of carbonyl (C=O) groups is 1. The van der Waals surface area contributed by atoms with Gasteiger partial charge in [0.2, 0.25) is 0 Å². The standard InChI is InChI=1S/C13H11FN2O2/c1-8-4-5-15-12(6-8)16-13(18)10-7-9(14)2-3-11(10)17/h2-7,17H,1H3,(H,15,16,18). The van der Waals surface area contributed by atoms with Gasteiger partial charge in [0.1, 0.15) is 17.4 Å². The molecule has 1 aromatic carbocycles. The highest BCUT2D eigenvalue weighted by atomic mass is 19.1. The fourth-order valence-electron chi connectivity index (χ4n) is 1.48. The number of hydrogen-bond acceptors (Lipinski definition) is 3. The maximum atomic E-state index is 13.0. The Balaban J connectivity index is 2.24. The van der Waals surface area contributed by atoms with Crippen molar-refractivity contribution in [2.24, 2.45) is 0 Å². The van der Waals surface area contributed by atoms with Crippen LogP contribution in [0.15, 0.2) is 36.5 Å². The van der Waals surface area contributed by atoms with Crippen LogP contribution < -0.4 is 5.32 Å². The molecule has 2 aromatic rings. The van der Waals surface area contributed by atoms with Crippen LogP contribution in [0.3, 0.4) is 0 Å². The molecule has 0 unspecified atom stereocenters. The van der Waals surface area contributed by atoms with Crippen molar-refractivity contribution in [3.8, 4) is 5.75 Å². The number of pyridine rings is 1. The van der Waals surface area contributed by atoms with E-state index in [4.69, 9.17) is 0 Å². The molecule has 1 heterocycles. The maximum Gasteiger partial charge on any atom is 0.260 e. The number of phenols is 1. The third kappa shape index (κ3) is 2.63. The number of phenolic OH excluding ortho intramolecular Hbond substituents is 1. The molecule has 2 rings (SSSR count). The van der Waals surface area contributed by atoms with Crippen molar-refractivity contribution >= 4 is 11.7 Å². The van der Waals surface area contributed by atoms with E-state index in [0.717, 1.165) is 23.8 Å². The average Bonchev–Trinajstić information content (AvgIpc) is 2.32. The summed E-state index contributed by atoms with van der Waals surface area (Å²) in [5.41, 5.74) is 0.807. The van der Waals surface area contributed by atoms with Crippen LogP contribution >= 0.6 is 0 Å². The monoisotopic (exact) mass is 246 g/mol. The minimum absolute atomic E-state index is 0.127. The average molecular weight is 246 g/mol. The van der Waals surface area contributed by atoms with Crippen LogP contribution in [0.2, 0.25) is 0 Å². The van der Waals surface area contributed by atoms with Gasteiger partial charge in [0.15, 0.2) is 0 Å². The van der Waals surface area contributed by atoms with Gasteiger partial charge in [-0.2, -0.15) is 0 Å². The summed E-state index contributed by atoms with van der Waals surface area (Å²) in [6.45, 7) is 1.86. The SMILES string of the molecule is Cc1ccnc(NC(=O)c2cc(F)ccc2O)c1. The number of anilines is 1. The second-order valence-corrected chi connectivity index (χ2v) is 3.83. The Morgan fingerprint density at radius 2 is 2.11 bits per heavy atom. The summed E-state index contributed by atoms with van der Waals surface area (Å²) in [5, 5.41) is 12.0. The van der Waals surface area contributed by atoms with Crippen molar-refractivity contribution in [3.63, 3.8) is 0 Å². The fourth-order valence-corrected chi connectivity index (χ4v) is 1.48. The van der Waals surface area contributed by atoms with Gasteiger partial charge in [-0.1, -0.05) is 0 Å². The Bertz CT molecular complexity index is 599. The van der Waals surface area contributed by atoms with Gasteiger partial charge in [-0.05, 0) is 42.8 Å². The number of nitrogens with one attached hydrogen (secondary N) is 1. The lowest BCUT2D eigenvalue weighted by Gasteiger charge is -2.06.